The molecule has 2 bridgehead atoms. The Kier molecular flexibility index (Phi) is 13.0. The predicted molar refractivity (Wildman–Crippen MR) is 196 cm³/mol. The Hall–Kier alpha value is -2.96. The standard InChI is InChI=1S/C38H52ClN3O7S/c1-6-9-28-22-30(39)11-13-32(28)29-24-42-18-15-26(7-2)34(46-5)10-8-19-49-38(3,4)37(44)41-50(45,40-36(43)27-16-20-47-21-17-27)31-12-14-35(48-25-29)33(42)23-31/h8,10-14,22-23,26-27,29,34H,6-7,9,15-21,24-25H2,1-5H3,(H,40,41,43,44,45)/b10-8+. The van der Waals surface area contributed by atoms with Crippen LogP contribution < -0.4 is 14.4 Å². The van der Waals surface area contributed by atoms with Crippen LogP contribution in [-0.2, 0) is 40.1 Å². The third-order valence-electron chi connectivity index (χ3n) is 9.99. The maximum Gasteiger partial charge on any atom is 0.287 e. The first-order valence-electron chi connectivity index (χ1n) is 17.8. The number of rotatable bonds is 7. The van der Waals surface area contributed by atoms with Gasteiger partial charge in [0.1, 0.15) is 11.4 Å². The number of nitrogens with one attached hydrogen (secondary N) is 1. The van der Waals surface area contributed by atoms with Crippen LogP contribution in [0.25, 0.3) is 0 Å². The highest BCUT2D eigenvalue weighted by atomic mass is 35.5. The molecule has 4 unspecified atom stereocenters. The Morgan fingerprint density at radius 3 is 2.64 bits per heavy atom. The molecule has 1 fully saturated rings. The van der Waals surface area contributed by atoms with Crippen LogP contribution in [0, 0.1) is 11.8 Å². The molecule has 50 heavy (non-hydrogen) atoms. The quantitative estimate of drug-likeness (QED) is 0.307. The number of benzene rings is 2. The molecule has 1 saturated heterocycles. The van der Waals surface area contributed by atoms with E-state index in [1.165, 1.54) is 11.1 Å². The average molecular weight is 730 g/mol. The smallest absolute Gasteiger partial charge is 0.287 e. The lowest BCUT2D eigenvalue weighted by atomic mass is 9.91. The first-order chi connectivity index (χ1) is 24.0. The molecule has 2 amide bonds. The van der Waals surface area contributed by atoms with Gasteiger partial charge in [-0.1, -0.05) is 56.5 Å². The fourth-order valence-electron chi connectivity index (χ4n) is 6.90. The first-order valence-corrected chi connectivity index (χ1v) is 19.7. The summed E-state index contributed by atoms with van der Waals surface area (Å²) < 4.78 is 45.8. The van der Waals surface area contributed by atoms with Crippen molar-refractivity contribution in [2.24, 2.45) is 16.2 Å². The summed E-state index contributed by atoms with van der Waals surface area (Å²) >= 11 is 6.45. The van der Waals surface area contributed by atoms with E-state index in [4.69, 9.17) is 30.5 Å². The summed E-state index contributed by atoms with van der Waals surface area (Å²) in [5.74, 6) is -0.713. The molecule has 3 aliphatic rings. The maximum absolute atomic E-state index is 15.0. The fourth-order valence-corrected chi connectivity index (χ4v) is 8.78. The summed E-state index contributed by atoms with van der Waals surface area (Å²) in [6, 6.07) is 11.3. The number of anilines is 1. The Balaban J connectivity index is 1.63. The van der Waals surface area contributed by atoms with Gasteiger partial charge in [-0.25, -0.2) is 4.21 Å². The topological polar surface area (TPSA) is 116 Å². The van der Waals surface area contributed by atoms with Crippen molar-refractivity contribution >= 4 is 39.0 Å². The molecule has 10 nitrogen and oxygen atoms in total. The summed E-state index contributed by atoms with van der Waals surface area (Å²) in [7, 11) is -2.08. The second kappa shape index (κ2) is 17.0. The molecule has 1 N–H and O–H groups in total. The summed E-state index contributed by atoms with van der Waals surface area (Å²) in [5, 5.41) is 0.707. The van der Waals surface area contributed by atoms with E-state index in [2.05, 4.69) is 33.9 Å². The third kappa shape index (κ3) is 9.09. The van der Waals surface area contributed by atoms with Gasteiger partial charge < -0.3 is 23.8 Å². The van der Waals surface area contributed by atoms with Gasteiger partial charge in [0, 0.05) is 50.3 Å². The van der Waals surface area contributed by atoms with E-state index in [1.54, 1.807) is 39.2 Å². The van der Waals surface area contributed by atoms with Crippen molar-refractivity contribution < 1.29 is 32.7 Å². The van der Waals surface area contributed by atoms with Crippen molar-refractivity contribution in [3.8, 4) is 5.75 Å². The number of hydrogen-bond acceptors (Lipinski definition) is 8. The van der Waals surface area contributed by atoms with E-state index in [-0.39, 0.29) is 29.4 Å². The maximum atomic E-state index is 15.0. The lowest BCUT2D eigenvalue weighted by Gasteiger charge is -2.31. The minimum atomic E-state index is -3.79. The van der Waals surface area contributed by atoms with Gasteiger partial charge in [0.2, 0.25) is 5.91 Å². The molecule has 12 heteroatoms. The van der Waals surface area contributed by atoms with Crippen LogP contribution in [-0.4, -0.2) is 74.4 Å². The van der Waals surface area contributed by atoms with Crippen LogP contribution >= 0.6 is 11.6 Å². The zero-order valence-corrected chi connectivity index (χ0v) is 31.5. The van der Waals surface area contributed by atoms with Gasteiger partial charge in [0.25, 0.3) is 5.91 Å². The number of carbonyl (C=O) groups excluding carboxylic acids is 2. The average Bonchev–Trinajstić information content (AvgIpc) is 3.28. The number of fused-ring (bicyclic) bond motifs is 1. The largest absolute Gasteiger partial charge is 0.491 e. The van der Waals surface area contributed by atoms with E-state index in [1.807, 2.05) is 24.3 Å². The van der Waals surface area contributed by atoms with Crippen molar-refractivity contribution in [1.82, 2.24) is 4.72 Å². The minimum absolute atomic E-state index is 0.0234. The molecule has 0 aliphatic carbocycles. The van der Waals surface area contributed by atoms with Gasteiger partial charge in [-0.3, -0.25) is 14.3 Å². The van der Waals surface area contributed by atoms with Crippen LogP contribution in [0.4, 0.5) is 5.69 Å². The first kappa shape index (κ1) is 38.3. The number of carbonyl (C=O) groups is 2. The molecule has 3 aliphatic heterocycles. The lowest BCUT2D eigenvalue weighted by Crippen LogP contribution is -2.40. The summed E-state index contributed by atoms with van der Waals surface area (Å²) in [4.78, 5) is 29.8. The van der Waals surface area contributed by atoms with Crippen LogP contribution in [0.5, 0.6) is 5.75 Å². The van der Waals surface area contributed by atoms with Crippen LogP contribution in [0.2, 0.25) is 5.02 Å². The van der Waals surface area contributed by atoms with E-state index in [0.29, 0.717) is 56.5 Å². The lowest BCUT2D eigenvalue weighted by molar-refractivity contribution is -0.137. The number of amides is 2. The Bertz CT molecular complexity index is 1670. The monoisotopic (exact) mass is 729 g/mol. The molecular formula is C38H52ClN3O7S. The molecular weight excluding hydrogens is 678 g/mol. The number of ether oxygens (including phenoxy) is 4. The summed E-state index contributed by atoms with van der Waals surface area (Å²) in [6.45, 7) is 10.2. The zero-order chi connectivity index (χ0) is 35.9. The Morgan fingerprint density at radius 2 is 1.92 bits per heavy atom. The van der Waals surface area contributed by atoms with E-state index >= 15 is 0 Å². The van der Waals surface area contributed by atoms with Crippen molar-refractivity contribution in [3.05, 3.63) is 64.7 Å². The van der Waals surface area contributed by atoms with Crippen LogP contribution in [0.1, 0.15) is 76.8 Å². The molecule has 0 aromatic heterocycles. The molecule has 5 rings (SSSR count). The number of hydrogen-bond donors (Lipinski definition) is 1. The number of halogens is 1. The third-order valence-corrected chi connectivity index (χ3v) is 12.0. The molecule has 4 atom stereocenters. The molecule has 2 aromatic carbocycles. The van der Waals surface area contributed by atoms with Gasteiger partial charge in [0.15, 0.2) is 9.92 Å². The van der Waals surface area contributed by atoms with E-state index in [0.717, 1.165) is 31.4 Å². The predicted octanol–water partition coefficient (Wildman–Crippen LogP) is 6.88. The fraction of sp³-hybridized carbons (Fsp3) is 0.579. The van der Waals surface area contributed by atoms with Crippen LogP contribution in [0.15, 0.2) is 57.8 Å². The zero-order valence-electron chi connectivity index (χ0n) is 30.0. The second-order valence-corrected chi connectivity index (χ2v) is 16.2. The van der Waals surface area contributed by atoms with Crippen molar-refractivity contribution in [1.29, 1.82) is 0 Å². The van der Waals surface area contributed by atoms with Gasteiger partial charge >= 0.3 is 0 Å². The van der Waals surface area contributed by atoms with Gasteiger partial charge in [-0.05, 0) is 86.9 Å². The van der Waals surface area contributed by atoms with Gasteiger partial charge in [-0.2, -0.15) is 0 Å². The minimum Gasteiger partial charge on any atom is -0.491 e. The van der Waals surface area contributed by atoms with Gasteiger partial charge in [-0.15, -0.1) is 4.36 Å². The highest BCUT2D eigenvalue weighted by Crippen LogP contribution is 2.39. The Morgan fingerprint density at radius 1 is 1.14 bits per heavy atom. The molecule has 0 radical (unpaired) electrons. The van der Waals surface area contributed by atoms with Gasteiger partial charge in [0.05, 0.1) is 29.9 Å². The molecule has 2 aromatic rings. The highest BCUT2D eigenvalue weighted by molar-refractivity contribution is 7.92. The molecule has 3 heterocycles. The van der Waals surface area contributed by atoms with E-state index in [9.17, 15) is 13.8 Å². The number of aryl methyl sites for hydroxylation is 1. The molecule has 0 saturated carbocycles. The number of methoxy groups -OCH3 is 1. The summed E-state index contributed by atoms with van der Waals surface area (Å²) in [5.41, 5.74) is 1.71. The van der Waals surface area contributed by atoms with E-state index < -0.39 is 33.2 Å². The Labute approximate surface area is 302 Å². The van der Waals surface area contributed by atoms with Crippen LogP contribution in [0.3, 0.4) is 0 Å². The second-order valence-electron chi connectivity index (χ2n) is 13.9. The molecule has 0 spiro atoms. The summed E-state index contributed by atoms with van der Waals surface area (Å²) in [6.07, 6.45) is 8.25. The van der Waals surface area contributed by atoms with Crippen molar-refractivity contribution in [3.63, 3.8) is 0 Å². The normalized spacial score (nSPS) is 27.0. The van der Waals surface area contributed by atoms with Crippen molar-refractivity contribution in [2.45, 2.75) is 88.7 Å². The highest BCUT2D eigenvalue weighted by Gasteiger charge is 2.34. The number of nitrogens with zero attached hydrogens (tertiary/aromatic N) is 2. The molecule has 274 valence electrons. The SMILES string of the molecule is CCCc1cc(Cl)ccc1C1COc2ccc3cc2N(CCC(CC)C(OC)/C=C/COC(C)(C)C(=O)N=S3(=O)NC(=O)C2CCOCC2)C1. The van der Waals surface area contributed by atoms with Crippen molar-refractivity contribution in [2.75, 3.05) is 51.5 Å².